The Bertz CT molecular complexity index is 564. The zero-order valence-corrected chi connectivity index (χ0v) is 24.2. The van der Waals surface area contributed by atoms with Gasteiger partial charge in [-0.05, 0) is 54.4 Å². The van der Waals surface area contributed by atoms with Gasteiger partial charge in [-0.2, -0.15) is 0 Å². The molecule has 2 aliphatic rings. The van der Waals surface area contributed by atoms with Crippen molar-refractivity contribution in [2.75, 3.05) is 13.2 Å². The maximum Gasteiger partial charge on any atom is 0.415 e. The van der Waals surface area contributed by atoms with Crippen molar-refractivity contribution in [3.8, 4) is 0 Å². The van der Waals surface area contributed by atoms with E-state index in [1.807, 2.05) is 0 Å². The van der Waals surface area contributed by atoms with Gasteiger partial charge >= 0.3 is 8.56 Å². The van der Waals surface area contributed by atoms with Crippen molar-refractivity contribution >= 4 is 8.56 Å². The molecular formula is C26H52O6Si. The lowest BCUT2D eigenvalue weighted by Crippen LogP contribution is -2.71. The highest BCUT2D eigenvalue weighted by Gasteiger charge is 2.94. The van der Waals surface area contributed by atoms with Crippen LogP contribution in [0, 0.1) is 0 Å². The molecule has 4 unspecified atom stereocenters. The maximum atomic E-state index is 6.93. The summed E-state index contributed by atoms with van der Waals surface area (Å²) in [4.78, 5) is 0. The van der Waals surface area contributed by atoms with Gasteiger partial charge in [-0.1, -0.05) is 53.4 Å². The molecule has 2 rings (SSSR count). The normalized spacial score (nSPS) is 33.8. The number of ether oxygens (including phenoxy) is 4. The molecule has 4 atom stereocenters. The van der Waals surface area contributed by atoms with Gasteiger partial charge in [-0.25, -0.2) is 0 Å². The van der Waals surface area contributed by atoms with Crippen LogP contribution in [-0.4, -0.2) is 56.0 Å². The Morgan fingerprint density at radius 1 is 0.636 bits per heavy atom. The maximum absolute atomic E-state index is 6.93. The predicted molar refractivity (Wildman–Crippen MR) is 134 cm³/mol. The SMILES string of the molecule is CCCCOC1(CCC)OC1(C)[Si](OC(C)C)(OC(C)C)C1(C)OC1(CCC)OCCCC. The molecule has 0 spiro atoms. The molecule has 33 heavy (non-hydrogen) atoms. The van der Waals surface area contributed by atoms with Crippen molar-refractivity contribution in [3.05, 3.63) is 0 Å². The first kappa shape index (κ1) is 29.2. The van der Waals surface area contributed by atoms with Gasteiger partial charge in [0.1, 0.15) is 0 Å². The first-order valence-electron chi connectivity index (χ1n) is 13.5. The first-order chi connectivity index (χ1) is 15.5. The number of rotatable bonds is 18. The molecule has 196 valence electrons. The van der Waals surface area contributed by atoms with E-state index in [1.165, 1.54) is 0 Å². The van der Waals surface area contributed by atoms with Crippen LogP contribution in [0.15, 0.2) is 0 Å². The number of epoxide rings is 2. The highest BCUT2D eigenvalue weighted by molar-refractivity contribution is 6.75. The standard InChI is InChI=1S/C26H52O6Si/c1-11-15-19-27-25(17-13-3)23(9,31-25)33(29-21(5)6,30-22(7)8)24(10)26(32-24,18-14-4)28-20-16-12-2/h21-22H,11-20H2,1-10H3. The van der Waals surface area contributed by atoms with Crippen LogP contribution in [0.3, 0.4) is 0 Å². The highest BCUT2D eigenvalue weighted by atomic mass is 28.4. The van der Waals surface area contributed by atoms with E-state index in [0.717, 1.165) is 51.4 Å². The van der Waals surface area contributed by atoms with Crippen molar-refractivity contribution in [1.29, 1.82) is 0 Å². The second-order valence-electron chi connectivity index (χ2n) is 10.6. The van der Waals surface area contributed by atoms with E-state index in [1.54, 1.807) is 0 Å². The van der Waals surface area contributed by atoms with Crippen LogP contribution >= 0.6 is 0 Å². The van der Waals surface area contributed by atoms with Gasteiger partial charge < -0.3 is 27.8 Å². The third-order valence-corrected chi connectivity index (χ3v) is 12.1. The fourth-order valence-corrected chi connectivity index (χ4v) is 10.5. The summed E-state index contributed by atoms with van der Waals surface area (Å²) in [5, 5.41) is -1.40. The third-order valence-electron chi connectivity index (χ3n) is 6.99. The van der Waals surface area contributed by atoms with Gasteiger partial charge in [0, 0.05) is 25.0 Å². The molecule has 0 radical (unpaired) electrons. The Balaban J connectivity index is 2.55. The average Bonchev–Trinajstić information content (AvgIpc) is 3.53. The molecule has 0 aromatic heterocycles. The molecule has 0 aliphatic carbocycles. The molecule has 2 heterocycles. The molecule has 0 saturated carbocycles. The zero-order chi connectivity index (χ0) is 25.0. The Morgan fingerprint density at radius 3 is 1.27 bits per heavy atom. The zero-order valence-electron chi connectivity index (χ0n) is 23.2. The number of hydrogen-bond acceptors (Lipinski definition) is 6. The lowest BCUT2D eigenvalue weighted by Gasteiger charge is -2.42. The van der Waals surface area contributed by atoms with Crippen molar-refractivity contribution < 1.29 is 27.8 Å². The Hall–Kier alpha value is -0.0231. The molecule has 2 fully saturated rings. The monoisotopic (exact) mass is 488 g/mol. The van der Waals surface area contributed by atoms with E-state index in [2.05, 4.69) is 69.2 Å². The summed E-state index contributed by atoms with van der Waals surface area (Å²) >= 11 is 0. The quantitative estimate of drug-likeness (QED) is 0.124. The summed E-state index contributed by atoms with van der Waals surface area (Å²) in [6.07, 6.45) is 7.62. The molecule has 7 heteroatoms. The van der Waals surface area contributed by atoms with E-state index in [-0.39, 0.29) is 12.2 Å². The number of hydrogen-bond donors (Lipinski definition) is 0. The van der Waals surface area contributed by atoms with Crippen molar-refractivity contribution in [1.82, 2.24) is 0 Å². The lowest BCUT2D eigenvalue weighted by molar-refractivity contribution is -0.0521. The van der Waals surface area contributed by atoms with E-state index in [4.69, 9.17) is 27.8 Å². The van der Waals surface area contributed by atoms with Crippen molar-refractivity contribution in [3.63, 3.8) is 0 Å². The van der Waals surface area contributed by atoms with Crippen LogP contribution in [0.2, 0.25) is 0 Å². The van der Waals surface area contributed by atoms with Crippen LogP contribution in [0.1, 0.15) is 121 Å². The minimum atomic E-state index is -3.26. The third kappa shape index (κ3) is 5.25. The molecule has 2 saturated heterocycles. The highest BCUT2D eigenvalue weighted by Crippen LogP contribution is 2.68. The largest absolute Gasteiger partial charge is 0.415 e. The van der Waals surface area contributed by atoms with Crippen molar-refractivity contribution in [2.45, 2.75) is 155 Å². The first-order valence-corrected chi connectivity index (χ1v) is 15.3. The van der Waals surface area contributed by atoms with Gasteiger partial charge in [-0.3, -0.25) is 0 Å². The minimum Gasteiger partial charge on any atom is -0.388 e. The fourth-order valence-electron chi connectivity index (χ4n) is 5.32. The van der Waals surface area contributed by atoms with Gasteiger partial charge in [-0.15, -0.1) is 0 Å². The van der Waals surface area contributed by atoms with Gasteiger partial charge in [0.05, 0.1) is 13.2 Å². The van der Waals surface area contributed by atoms with Crippen LogP contribution in [0.4, 0.5) is 0 Å². The molecule has 6 nitrogen and oxygen atoms in total. The molecule has 0 amide bonds. The molecule has 0 aromatic carbocycles. The van der Waals surface area contributed by atoms with Crippen molar-refractivity contribution in [2.24, 2.45) is 0 Å². The smallest absolute Gasteiger partial charge is 0.388 e. The minimum absolute atomic E-state index is 0.0394. The summed E-state index contributed by atoms with van der Waals surface area (Å²) in [7, 11) is -3.26. The fraction of sp³-hybridized carbons (Fsp3) is 1.00. The van der Waals surface area contributed by atoms with E-state index in [9.17, 15) is 0 Å². The summed E-state index contributed by atoms with van der Waals surface area (Å²) in [5.41, 5.74) is 0. The Kier molecular flexibility index (Phi) is 10.1. The molecule has 0 aromatic rings. The lowest BCUT2D eigenvalue weighted by atomic mass is 10.1. The van der Waals surface area contributed by atoms with Crippen LogP contribution in [-0.2, 0) is 27.8 Å². The molecule has 0 N–H and O–H groups in total. The van der Waals surface area contributed by atoms with Gasteiger partial charge in [0.2, 0.25) is 0 Å². The summed E-state index contributed by atoms with van der Waals surface area (Å²) in [6.45, 7) is 22.6. The molecular weight excluding hydrogens is 436 g/mol. The number of unbranched alkanes of at least 4 members (excludes halogenated alkanes) is 2. The van der Waals surface area contributed by atoms with Crippen LogP contribution < -0.4 is 0 Å². The topological polar surface area (TPSA) is 62.0 Å². The van der Waals surface area contributed by atoms with Crippen LogP contribution in [0.5, 0.6) is 0 Å². The predicted octanol–water partition coefficient (Wildman–Crippen LogP) is 6.56. The van der Waals surface area contributed by atoms with E-state index in [0.29, 0.717) is 13.2 Å². The summed E-state index contributed by atoms with van der Waals surface area (Å²) < 4.78 is 40.2. The van der Waals surface area contributed by atoms with Gasteiger partial charge in [0.25, 0.3) is 0 Å². The Labute approximate surface area is 204 Å². The second kappa shape index (κ2) is 11.4. The van der Waals surface area contributed by atoms with Gasteiger partial charge in [0.15, 0.2) is 22.0 Å². The molecule has 0 bridgehead atoms. The Morgan fingerprint density at radius 2 is 1.00 bits per heavy atom. The summed E-state index contributed by atoms with van der Waals surface area (Å²) in [5.74, 6) is -1.41. The van der Waals surface area contributed by atoms with Crippen LogP contribution in [0.25, 0.3) is 0 Å². The molecule has 2 aliphatic heterocycles. The van der Waals surface area contributed by atoms with E-state index >= 15 is 0 Å². The summed E-state index contributed by atoms with van der Waals surface area (Å²) in [6, 6.07) is 0. The average molecular weight is 489 g/mol. The van der Waals surface area contributed by atoms with E-state index < -0.39 is 30.6 Å². The second-order valence-corrected chi connectivity index (χ2v) is 14.2.